The molecule has 2 aromatic rings. The van der Waals surface area contributed by atoms with Gasteiger partial charge in [0.15, 0.2) is 0 Å². The number of hydrazone groups is 1. The molecule has 0 saturated heterocycles. The smallest absolute Gasteiger partial charge is 0.269 e. The first-order valence-electron chi connectivity index (χ1n) is 7.36. The van der Waals surface area contributed by atoms with Crippen LogP contribution in [0.3, 0.4) is 0 Å². The molecule has 0 heterocycles. The van der Waals surface area contributed by atoms with Gasteiger partial charge >= 0.3 is 0 Å². The van der Waals surface area contributed by atoms with Crippen LogP contribution in [0.15, 0.2) is 53.6 Å². The number of halogens is 1. The highest BCUT2D eigenvalue weighted by Crippen LogP contribution is 2.20. The van der Waals surface area contributed by atoms with E-state index in [0.29, 0.717) is 22.1 Å². The van der Waals surface area contributed by atoms with Gasteiger partial charge in [0.2, 0.25) is 5.91 Å². The third-order valence-corrected chi connectivity index (χ3v) is 4.64. The normalized spacial score (nSPS) is 11.2. The van der Waals surface area contributed by atoms with Gasteiger partial charge in [-0.1, -0.05) is 29.8 Å². The van der Waals surface area contributed by atoms with Gasteiger partial charge in [0.25, 0.3) is 5.69 Å². The highest BCUT2D eigenvalue weighted by atomic mass is 35.5. The molecule has 0 aliphatic rings. The van der Waals surface area contributed by atoms with Crippen molar-refractivity contribution in [2.45, 2.75) is 12.7 Å². The summed E-state index contributed by atoms with van der Waals surface area (Å²) in [6.07, 6.45) is 0. The van der Waals surface area contributed by atoms with Crippen molar-refractivity contribution in [2.24, 2.45) is 5.10 Å². The lowest BCUT2D eigenvalue weighted by atomic mass is 10.1. The Labute approximate surface area is 154 Å². The number of nitrogens with one attached hydrogen (secondary N) is 1. The molecule has 0 aliphatic carbocycles. The first-order chi connectivity index (χ1) is 12.0. The molecule has 2 rings (SSSR count). The number of hydrogen-bond acceptors (Lipinski definition) is 5. The first-order valence-corrected chi connectivity index (χ1v) is 8.89. The number of nitro groups is 1. The Bertz CT molecular complexity index is 794. The predicted octanol–water partition coefficient (Wildman–Crippen LogP) is 4.02. The zero-order valence-electron chi connectivity index (χ0n) is 13.4. The largest absolute Gasteiger partial charge is 0.272 e. The molecular weight excluding hydrogens is 362 g/mol. The minimum Gasteiger partial charge on any atom is -0.272 e. The van der Waals surface area contributed by atoms with Crippen molar-refractivity contribution in [1.29, 1.82) is 0 Å². The molecule has 0 spiro atoms. The second-order valence-electron chi connectivity index (χ2n) is 5.12. The van der Waals surface area contributed by atoms with Gasteiger partial charge in [-0.3, -0.25) is 14.9 Å². The number of nitrogens with zero attached hydrogens (tertiary/aromatic N) is 2. The second-order valence-corrected chi connectivity index (χ2v) is 6.51. The number of amides is 1. The van der Waals surface area contributed by atoms with Crippen molar-refractivity contribution in [1.82, 2.24) is 5.43 Å². The van der Waals surface area contributed by atoms with Crippen molar-refractivity contribution in [2.75, 3.05) is 5.75 Å². The minimum absolute atomic E-state index is 0.0107. The molecule has 0 radical (unpaired) electrons. The Hall–Kier alpha value is -2.38. The van der Waals surface area contributed by atoms with Crippen LogP contribution in [-0.2, 0) is 10.5 Å². The summed E-state index contributed by atoms with van der Waals surface area (Å²) in [6, 6.07) is 13.5. The van der Waals surface area contributed by atoms with Crippen LogP contribution in [0.1, 0.15) is 18.1 Å². The molecule has 0 fully saturated rings. The number of benzene rings is 2. The van der Waals surface area contributed by atoms with E-state index in [1.54, 1.807) is 19.1 Å². The highest BCUT2D eigenvalue weighted by molar-refractivity contribution is 7.99. The SMILES string of the molecule is C/C(=N\NC(=O)CSCc1ccccc1Cl)c1ccc([N+](=O)[O-])cc1. The van der Waals surface area contributed by atoms with E-state index in [-0.39, 0.29) is 17.3 Å². The summed E-state index contributed by atoms with van der Waals surface area (Å²) in [4.78, 5) is 22.0. The fraction of sp³-hybridized carbons (Fsp3) is 0.176. The van der Waals surface area contributed by atoms with E-state index < -0.39 is 4.92 Å². The molecule has 6 nitrogen and oxygen atoms in total. The molecule has 130 valence electrons. The standard InChI is InChI=1S/C17H16ClN3O3S/c1-12(13-6-8-15(9-7-13)21(23)24)19-20-17(22)11-25-10-14-4-2-3-5-16(14)18/h2-9H,10-11H2,1H3,(H,20,22)/b19-12+. The molecule has 1 amide bonds. The van der Waals surface area contributed by atoms with Crippen LogP contribution in [-0.4, -0.2) is 22.3 Å². The summed E-state index contributed by atoms with van der Waals surface area (Å²) >= 11 is 7.50. The molecule has 25 heavy (non-hydrogen) atoms. The lowest BCUT2D eigenvalue weighted by Crippen LogP contribution is -2.21. The van der Waals surface area contributed by atoms with Crippen LogP contribution in [0.5, 0.6) is 0 Å². The van der Waals surface area contributed by atoms with Crippen molar-refractivity contribution in [3.05, 3.63) is 74.8 Å². The van der Waals surface area contributed by atoms with E-state index in [4.69, 9.17) is 11.6 Å². The molecular formula is C17H16ClN3O3S. The Morgan fingerprint density at radius 2 is 1.92 bits per heavy atom. The van der Waals surface area contributed by atoms with Crippen molar-refractivity contribution < 1.29 is 9.72 Å². The van der Waals surface area contributed by atoms with Gasteiger partial charge in [0.05, 0.1) is 16.4 Å². The van der Waals surface area contributed by atoms with E-state index in [9.17, 15) is 14.9 Å². The summed E-state index contributed by atoms with van der Waals surface area (Å²) in [5, 5.41) is 15.3. The molecule has 0 atom stereocenters. The van der Waals surface area contributed by atoms with E-state index in [1.807, 2.05) is 24.3 Å². The predicted molar refractivity (Wildman–Crippen MR) is 101 cm³/mol. The topological polar surface area (TPSA) is 84.6 Å². The molecule has 0 bridgehead atoms. The van der Waals surface area contributed by atoms with Gasteiger partial charge in [-0.05, 0) is 36.2 Å². The monoisotopic (exact) mass is 377 g/mol. The van der Waals surface area contributed by atoms with Crippen LogP contribution < -0.4 is 5.43 Å². The lowest BCUT2D eigenvalue weighted by Gasteiger charge is -2.04. The van der Waals surface area contributed by atoms with Gasteiger partial charge in [-0.2, -0.15) is 5.10 Å². The molecule has 0 unspecified atom stereocenters. The number of carbonyl (C=O) groups is 1. The van der Waals surface area contributed by atoms with Gasteiger partial charge < -0.3 is 0 Å². The number of carbonyl (C=O) groups excluding carboxylic acids is 1. The summed E-state index contributed by atoms with van der Waals surface area (Å²) in [7, 11) is 0. The summed E-state index contributed by atoms with van der Waals surface area (Å²) in [6.45, 7) is 1.72. The molecule has 1 N–H and O–H groups in total. The lowest BCUT2D eigenvalue weighted by molar-refractivity contribution is -0.384. The van der Waals surface area contributed by atoms with Gasteiger partial charge in [-0.15, -0.1) is 11.8 Å². The van der Waals surface area contributed by atoms with Crippen molar-refractivity contribution in [3.8, 4) is 0 Å². The van der Waals surface area contributed by atoms with E-state index in [0.717, 1.165) is 5.56 Å². The Kier molecular flexibility index (Phi) is 6.97. The zero-order valence-corrected chi connectivity index (χ0v) is 15.0. The van der Waals surface area contributed by atoms with E-state index in [2.05, 4.69) is 10.5 Å². The Morgan fingerprint density at radius 1 is 1.24 bits per heavy atom. The van der Waals surface area contributed by atoms with E-state index in [1.165, 1.54) is 23.9 Å². The number of hydrogen-bond donors (Lipinski definition) is 1. The third-order valence-electron chi connectivity index (χ3n) is 3.29. The number of nitro benzene ring substituents is 1. The van der Waals surface area contributed by atoms with E-state index >= 15 is 0 Å². The molecule has 0 aliphatic heterocycles. The summed E-state index contributed by atoms with van der Waals surface area (Å²) in [5.41, 5.74) is 4.74. The van der Waals surface area contributed by atoms with Crippen molar-refractivity contribution >= 4 is 40.7 Å². The third kappa shape index (κ3) is 5.88. The van der Waals surface area contributed by atoms with Crippen LogP contribution in [0.2, 0.25) is 5.02 Å². The van der Waals surface area contributed by atoms with Crippen LogP contribution in [0.25, 0.3) is 0 Å². The first kappa shape index (κ1) is 19.0. The maximum absolute atomic E-state index is 11.8. The minimum atomic E-state index is -0.464. The fourth-order valence-electron chi connectivity index (χ4n) is 1.94. The highest BCUT2D eigenvalue weighted by Gasteiger charge is 2.07. The molecule has 0 aromatic heterocycles. The molecule has 2 aromatic carbocycles. The van der Waals surface area contributed by atoms with Crippen LogP contribution >= 0.6 is 23.4 Å². The number of thioether (sulfide) groups is 1. The average Bonchev–Trinajstić information content (AvgIpc) is 2.61. The Balaban J connectivity index is 1.82. The maximum Gasteiger partial charge on any atom is 0.269 e. The quantitative estimate of drug-likeness (QED) is 0.448. The average molecular weight is 378 g/mol. The van der Waals surface area contributed by atoms with Gasteiger partial charge in [0, 0.05) is 22.9 Å². The zero-order chi connectivity index (χ0) is 18.2. The van der Waals surface area contributed by atoms with Gasteiger partial charge in [-0.25, -0.2) is 5.43 Å². The molecule has 0 saturated carbocycles. The van der Waals surface area contributed by atoms with Crippen LogP contribution in [0.4, 0.5) is 5.69 Å². The fourth-order valence-corrected chi connectivity index (χ4v) is 3.04. The summed E-state index contributed by atoms with van der Waals surface area (Å²) in [5.74, 6) is 0.666. The summed E-state index contributed by atoms with van der Waals surface area (Å²) < 4.78 is 0. The van der Waals surface area contributed by atoms with Gasteiger partial charge in [0.1, 0.15) is 0 Å². The second kappa shape index (κ2) is 9.19. The maximum atomic E-state index is 11.8. The number of non-ortho nitro benzene ring substituents is 1. The molecule has 8 heteroatoms. The van der Waals surface area contributed by atoms with Crippen molar-refractivity contribution in [3.63, 3.8) is 0 Å². The van der Waals surface area contributed by atoms with Crippen LogP contribution in [0, 0.1) is 10.1 Å². The number of rotatable bonds is 7. The Morgan fingerprint density at radius 3 is 2.56 bits per heavy atom.